The van der Waals surface area contributed by atoms with Gasteiger partial charge in [-0.2, -0.15) is 0 Å². The lowest BCUT2D eigenvalue weighted by atomic mass is 9.98. The molecule has 1 aromatic carbocycles. The van der Waals surface area contributed by atoms with Crippen molar-refractivity contribution in [3.8, 4) is 11.3 Å². The average molecular weight is 375 g/mol. The highest BCUT2D eigenvalue weighted by Gasteiger charge is 2.20. The van der Waals surface area contributed by atoms with Gasteiger partial charge >= 0.3 is 5.97 Å². The van der Waals surface area contributed by atoms with E-state index in [4.69, 9.17) is 0 Å². The summed E-state index contributed by atoms with van der Waals surface area (Å²) in [4.78, 5) is 32.6. The van der Waals surface area contributed by atoms with Gasteiger partial charge in [0.2, 0.25) is 0 Å². The van der Waals surface area contributed by atoms with Crippen molar-refractivity contribution in [2.45, 2.75) is 26.3 Å². The number of carbonyl (C=O) groups is 2. The highest BCUT2D eigenvalue weighted by atomic mass is 16.4. The van der Waals surface area contributed by atoms with Crippen LogP contribution in [0.5, 0.6) is 0 Å². The van der Waals surface area contributed by atoms with E-state index in [0.29, 0.717) is 11.3 Å². The number of rotatable bonds is 6. The topological polar surface area (TPSA) is 92.2 Å². The SMILES string of the molecule is Cc1cc(-c2cc(C(=O)N[C@@H](CC(=O)O)c3ccccc3C)ccn2)ccn1. The molecule has 142 valence electrons. The number of carboxylic acids is 1. The molecule has 6 heteroatoms. The Morgan fingerprint density at radius 3 is 2.50 bits per heavy atom. The van der Waals surface area contributed by atoms with Gasteiger partial charge in [-0.1, -0.05) is 24.3 Å². The van der Waals surface area contributed by atoms with Gasteiger partial charge in [0.25, 0.3) is 5.91 Å². The number of pyridine rings is 2. The minimum absolute atomic E-state index is 0.196. The van der Waals surface area contributed by atoms with E-state index in [0.717, 1.165) is 22.4 Å². The fourth-order valence-corrected chi connectivity index (χ4v) is 3.07. The summed E-state index contributed by atoms with van der Waals surface area (Å²) in [5.41, 5.74) is 4.51. The largest absolute Gasteiger partial charge is 0.481 e. The summed E-state index contributed by atoms with van der Waals surface area (Å²) < 4.78 is 0. The first-order valence-corrected chi connectivity index (χ1v) is 8.91. The Hall–Kier alpha value is -3.54. The average Bonchev–Trinajstić information content (AvgIpc) is 2.67. The van der Waals surface area contributed by atoms with Gasteiger partial charge in [0.05, 0.1) is 18.2 Å². The van der Waals surface area contributed by atoms with Crippen LogP contribution in [0.3, 0.4) is 0 Å². The standard InChI is InChI=1S/C22H21N3O3/c1-14-5-3-4-6-18(14)20(13-21(26)27)25-22(28)17-8-10-24-19(12-17)16-7-9-23-15(2)11-16/h3-12,20H,13H2,1-2H3,(H,25,28)(H,26,27)/t20-/m0/s1. The van der Waals surface area contributed by atoms with E-state index in [9.17, 15) is 14.7 Å². The van der Waals surface area contributed by atoms with Crippen molar-refractivity contribution in [1.82, 2.24) is 15.3 Å². The van der Waals surface area contributed by atoms with Crippen LogP contribution >= 0.6 is 0 Å². The number of hydrogen-bond donors (Lipinski definition) is 2. The molecule has 2 heterocycles. The molecule has 2 aromatic heterocycles. The van der Waals surface area contributed by atoms with Gasteiger partial charge < -0.3 is 10.4 Å². The summed E-state index contributed by atoms with van der Waals surface area (Å²) >= 11 is 0. The van der Waals surface area contributed by atoms with Gasteiger partial charge in [0.1, 0.15) is 0 Å². The van der Waals surface area contributed by atoms with Crippen molar-refractivity contribution in [2.24, 2.45) is 0 Å². The van der Waals surface area contributed by atoms with Crippen LogP contribution in [-0.2, 0) is 4.79 Å². The number of carboxylic acid groups (broad SMARTS) is 1. The highest BCUT2D eigenvalue weighted by Crippen LogP contribution is 2.22. The van der Waals surface area contributed by atoms with Gasteiger partial charge in [-0.15, -0.1) is 0 Å². The molecule has 3 rings (SSSR count). The number of aryl methyl sites for hydroxylation is 2. The lowest BCUT2D eigenvalue weighted by Gasteiger charge is -2.19. The van der Waals surface area contributed by atoms with Crippen molar-refractivity contribution in [3.63, 3.8) is 0 Å². The number of amides is 1. The molecule has 0 aliphatic heterocycles. The number of nitrogens with zero attached hydrogens (tertiary/aromatic N) is 2. The van der Waals surface area contributed by atoms with E-state index in [1.54, 1.807) is 24.5 Å². The third-order valence-electron chi connectivity index (χ3n) is 4.46. The van der Waals surface area contributed by atoms with Crippen molar-refractivity contribution >= 4 is 11.9 Å². The maximum absolute atomic E-state index is 12.8. The lowest BCUT2D eigenvalue weighted by molar-refractivity contribution is -0.137. The molecule has 6 nitrogen and oxygen atoms in total. The number of carbonyl (C=O) groups excluding carboxylic acids is 1. The molecule has 0 radical (unpaired) electrons. The van der Waals surface area contributed by atoms with Gasteiger partial charge in [-0.3, -0.25) is 19.6 Å². The number of aliphatic carboxylic acids is 1. The Kier molecular flexibility index (Phi) is 5.79. The van der Waals surface area contributed by atoms with Crippen LogP contribution in [0.4, 0.5) is 0 Å². The third-order valence-corrected chi connectivity index (χ3v) is 4.46. The highest BCUT2D eigenvalue weighted by molar-refractivity contribution is 5.95. The fourth-order valence-electron chi connectivity index (χ4n) is 3.07. The number of aromatic nitrogens is 2. The van der Waals surface area contributed by atoms with Crippen LogP contribution in [0.1, 0.15) is 39.6 Å². The quantitative estimate of drug-likeness (QED) is 0.685. The van der Waals surface area contributed by atoms with Crippen molar-refractivity contribution in [2.75, 3.05) is 0 Å². The maximum Gasteiger partial charge on any atom is 0.305 e. The molecular weight excluding hydrogens is 354 g/mol. The molecule has 0 aliphatic rings. The van der Waals surface area contributed by atoms with E-state index in [-0.39, 0.29) is 12.3 Å². The molecule has 0 aliphatic carbocycles. The molecule has 1 amide bonds. The predicted octanol–water partition coefficient (Wildman–Crippen LogP) is 3.71. The molecule has 3 aromatic rings. The third kappa shape index (κ3) is 4.59. The van der Waals surface area contributed by atoms with E-state index in [2.05, 4.69) is 15.3 Å². The molecule has 0 spiro atoms. The molecule has 0 saturated heterocycles. The minimum atomic E-state index is -0.976. The smallest absolute Gasteiger partial charge is 0.305 e. The minimum Gasteiger partial charge on any atom is -0.481 e. The number of nitrogens with one attached hydrogen (secondary N) is 1. The first-order chi connectivity index (χ1) is 13.4. The summed E-state index contributed by atoms with van der Waals surface area (Å²) in [5.74, 6) is -1.32. The van der Waals surface area contributed by atoms with Crippen LogP contribution < -0.4 is 5.32 Å². The van der Waals surface area contributed by atoms with Crippen LogP contribution in [0, 0.1) is 13.8 Å². The van der Waals surface area contributed by atoms with E-state index in [1.807, 2.05) is 50.2 Å². The van der Waals surface area contributed by atoms with Gasteiger partial charge in [0, 0.05) is 29.2 Å². The summed E-state index contributed by atoms with van der Waals surface area (Å²) in [5, 5.41) is 12.1. The summed E-state index contributed by atoms with van der Waals surface area (Å²) in [6.45, 7) is 3.78. The number of benzene rings is 1. The Balaban J connectivity index is 1.87. The molecular formula is C22H21N3O3. The molecule has 2 N–H and O–H groups in total. The van der Waals surface area contributed by atoms with Crippen molar-refractivity contribution in [1.29, 1.82) is 0 Å². The molecule has 0 unspecified atom stereocenters. The van der Waals surface area contributed by atoms with Crippen LogP contribution in [-0.4, -0.2) is 27.0 Å². The first-order valence-electron chi connectivity index (χ1n) is 8.91. The summed E-state index contributed by atoms with van der Waals surface area (Å²) in [6, 6.07) is 13.9. The van der Waals surface area contributed by atoms with Gasteiger partial charge in [-0.25, -0.2) is 0 Å². The van der Waals surface area contributed by atoms with E-state index < -0.39 is 12.0 Å². The summed E-state index contributed by atoms with van der Waals surface area (Å²) in [7, 11) is 0. The van der Waals surface area contributed by atoms with E-state index >= 15 is 0 Å². The Bertz CT molecular complexity index is 1020. The zero-order valence-corrected chi connectivity index (χ0v) is 15.7. The molecule has 28 heavy (non-hydrogen) atoms. The van der Waals surface area contributed by atoms with Crippen molar-refractivity contribution < 1.29 is 14.7 Å². The second-order valence-corrected chi connectivity index (χ2v) is 6.60. The normalized spacial score (nSPS) is 11.6. The molecule has 0 fully saturated rings. The lowest BCUT2D eigenvalue weighted by Crippen LogP contribution is -2.30. The molecule has 1 atom stereocenters. The van der Waals surface area contributed by atoms with Crippen LogP contribution in [0.2, 0.25) is 0 Å². The zero-order valence-electron chi connectivity index (χ0n) is 15.7. The Morgan fingerprint density at radius 1 is 1.04 bits per heavy atom. The Labute approximate surface area is 163 Å². The first kappa shape index (κ1) is 19.2. The zero-order chi connectivity index (χ0) is 20.1. The molecule has 0 saturated carbocycles. The molecule has 0 bridgehead atoms. The van der Waals surface area contributed by atoms with Crippen LogP contribution in [0.25, 0.3) is 11.3 Å². The summed E-state index contributed by atoms with van der Waals surface area (Å²) in [6.07, 6.45) is 3.07. The fraction of sp³-hybridized carbons (Fsp3) is 0.182. The van der Waals surface area contributed by atoms with E-state index in [1.165, 1.54) is 0 Å². The second kappa shape index (κ2) is 8.43. The van der Waals surface area contributed by atoms with Gasteiger partial charge in [0.15, 0.2) is 0 Å². The van der Waals surface area contributed by atoms with Crippen molar-refractivity contribution in [3.05, 3.63) is 83.3 Å². The number of hydrogen-bond acceptors (Lipinski definition) is 4. The predicted molar refractivity (Wildman–Crippen MR) is 106 cm³/mol. The maximum atomic E-state index is 12.8. The van der Waals surface area contributed by atoms with Gasteiger partial charge in [-0.05, 0) is 49.2 Å². The Morgan fingerprint density at radius 2 is 1.79 bits per heavy atom. The van der Waals surface area contributed by atoms with Crippen LogP contribution in [0.15, 0.2) is 60.9 Å². The monoisotopic (exact) mass is 375 g/mol. The second-order valence-electron chi connectivity index (χ2n) is 6.60.